The van der Waals surface area contributed by atoms with Crippen molar-refractivity contribution in [1.29, 1.82) is 0 Å². The maximum absolute atomic E-state index is 11.8. The second-order valence-corrected chi connectivity index (χ2v) is 8.88. The lowest BCUT2D eigenvalue weighted by Crippen LogP contribution is -2.25. The van der Waals surface area contributed by atoms with Crippen LogP contribution in [0, 0.1) is 0 Å². The maximum atomic E-state index is 11.8. The molecule has 0 bridgehead atoms. The number of hydrogen-bond donors (Lipinski definition) is 0. The minimum Gasteiger partial charge on any atom is -0.490 e. The van der Waals surface area contributed by atoms with Gasteiger partial charge in [-0.3, -0.25) is 9.36 Å². The predicted octanol–water partition coefficient (Wildman–Crippen LogP) is 4.18. The summed E-state index contributed by atoms with van der Waals surface area (Å²) in [5.41, 5.74) is 2.59. The first-order valence-electron chi connectivity index (χ1n) is 10.6. The number of rotatable bonds is 5. The molecule has 3 aliphatic rings. The van der Waals surface area contributed by atoms with Crippen LogP contribution in [0.15, 0.2) is 35.1 Å². The molecule has 0 saturated heterocycles. The molecule has 28 heavy (non-hydrogen) atoms. The number of hydrogen-bond acceptors (Lipinski definition) is 4. The van der Waals surface area contributed by atoms with Gasteiger partial charge in [0.2, 0.25) is 0 Å². The summed E-state index contributed by atoms with van der Waals surface area (Å²) in [6.45, 7) is 3.54. The number of benzene rings is 1. The fourth-order valence-electron chi connectivity index (χ4n) is 4.73. The zero-order chi connectivity index (χ0) is 19.1. The Hall–Kier alpha value is -2.30. The fourth-order valence-corrected chi connectivity index (χ4v) is 4.73. The van der Waals surface area contributed by atoms with E-state index in [2.05, 4.69) is 40.7 Å². The lowest BCUT2D eigenvalue weighted by atomic mass is 9.71. The maximum Gasteiger partial charge on any atom is 0.300 e. The summed E-state index contributed by atoms with van der Waals surface area (Å²) in [5, 5.41) is 0. The largest absolute Gasteiger partial charge is 0.490 e. The van der Waals surface area contributed by atoms with Crippen molar-refractivity contribution in [1.82, 2.24) is 9.55 Å². The van der Waals surface area contributed by atoms with Gasteiger partial charge >= 0.3 is 0 Å². The molecule has 1 atom stereocenters. The van der Waals surface area contributed by atoms with E-state index in [-0.39, 0.29) is 11.7 Å². The van der Waals surface area contributed by atoms with Gasteiger partial charge in [0.25, 0.3) is 11.6 Å². The first-order chi connectivity index (χ1) is 13.6. The van der Waals surface area contributed by atoms with E-state index >= 15 is 0 Å². The highest BCUT2D eigenvalue weighted by Gasteiger charge is 2.33. The van der Waals surface area contributed by atoms with Gasteiger partial charge in [-0.2, -0.15) is 4.98 Å². The van der Waals surface area contributed by atoms with Gasteiger partial charge in [0, 0.05) is 11.8 Å². The average Bonchev–Trinajstić information content (AvgIpc) is 3.46. The van der Waals surface area contributed by atoms with Crippen molar-refractivity contribution in [3.05, 3.63) is 51.9 Å². The molecule has 5 rings (SSSR count). The summed E-state index contributed by atoms with van der Waals surface area (Å²) in [5.74, 6) is 1.36. The molecular formula is C23H28N2O3. The Bertz CT molecular complexity index is 908. The Kier molecular flexibility index (Phi) is 4.41. The Morgan fingerprint density at radius 2 is 1.93 bits per heavy atom. The van der Waals surface area contributed by atoms with Gasteiger partial charge in [-0.15, -0.1) is 0 Å². The van der Waals surface area contributed by atoms with E-state index in [1.54, 1.807) is 6.07 Å². The van der Waals surface area contributed by atoms with Crippen molar-refractivity contribution >= 4 is 0 Å². The zero-order valence-corrected chi connectivity index (χ0v) is 16.5. The summed E-state index contributed by atoms with van der Waals surface area (Å²) in [6, 6.07) is 10.7. The van der Waals surface area contributed by atoms with E-state index in [9.17, 15) is 4.79 Å². The van der Waals surface area contributed by atoms with Crippen LogP contribution in [0.2, 0.25) is 0 Å². The normalized spacial score (nSPS) is 23.1. The molecule has 1 aliphatic heterocycles. The summed E-state index contributed by atoms with van der Waals surface area (Å²) >= 11 is 0. The van der Waals surface area contributed by atoms with E-state index in [4.69, 9.17) is 9.47 Å². The second kappa shape index (κ2) is 6.94. The molecule has 2 aromatic rings. The Labute approximate surface area is 165 Å². The standard InChI is InChI=1S/C23H28N2O3/c1-23(11-3-2-4-12-23)17-7-9-18(10-8-17)27-15-19-14-25-20(16-5-6-16)13-21(26)24-22(25)28-19/h7-10,13,16,19H,2-6,11-12,14-15H2,1H3/t19-/m0/s1. The molecule has 5 heteroatoms. The molecule has 0 spiro atoms. The van der Waals surface area contributed by atoms with Gasteiger partial charge in [0.05, 0.1) is 6.54 Å². The van der Waals surface area contributed by atoms with Crippen molar-refractivity contribution in [2.75, 3.05) is 6.61 Å². The fraction of sp³-hybridized carbons (Fsp3) is 0.565. The van der Waals surface area contributed by atoms with Crippen LogP contribution in [0.1, 0.15) is 69.0 Å². The SMILES string of the molecule is CC1(c2ccc(OC[C@@H]3Cn4c(C5CC5)cc(=O)nc4O3)cc2)CCCCC1. The van der Waals surface area contributed by atoms with Gasteiger partial charge in [-0.25, -0.2) is 0 Å². The van der Waals surface area contributed by atoms with E-state index < -0.39 is 0 Å². The second-order valence-electron chi connectivity index (χ2n) is 8.88. The number of fused-ring (bicyclic) bond motifs is 1. The lowest BCUT2D eigenvalue weighted by Gasteiger charge is -2.34. The van der Waals surface area contributed by atoms with Crippen LogP contribution < -0.4 is 15.0 Å². The third-order valence-corrected chi connectivity index (χ3v) is 6.62. The molecule has 5 nitrogen and oxygen atoms in total. The van der Waals surface area contributed by atoms with Crippen LogP contribution in [0.4, 0.5) is 0 Å². The van der Waals surface area contributed by atoms with Crippen LogP contribution in [-0.4, -0.2) is 22.3 Å². The van der Waals surface area contributed by atoms with Crippen molar-refractivity contribution < 1.29 is 9.47 Å². The monoisotopic (exact) mass is 380 g/mol. The van der Waals surface area contributed by atoms with Crippen molar-refractivity contribution in [2.45, 2.75) is 75.9 Å². The Balaban J connectivity index is 1.22. The smallest absolute Gasteiger partial charge is 0.300 e. The highest BCUT2D eigenvalue weighted by atomic mass is 16.6. The highest BCUT2D eigenvalue weighted by molar-refractivity contribution is 5.32. The summed E-state index contributed by atoms with van der Waals surface area (Å²) in [4.78, 5) is 15.9. The van der Waals surface area contributed by atoms with Crippen LogP contribution in [0.3, 0.4) is 0 Å². The topological polar surface area (TPSA) is 53.4 Å². The van der Waals surface area contributed by atoms with E-state index in [1.807, 2.05) is 0 Å². The average molecular weight is 380 g/mol. The van der Waals surface area contributed by atoms with Crippen LogP contribution >= 0.6 is 0 Å². The molecule has 0 radical (unpaired) electrons. The summed E-state index contributed by atoms with van der Waals surface area (Å²) in [7, 11) is 0. The molecule has 148 valence electrons. The molecule has 2 saturated carbocycles. The Morgan fingerprint density at radius 3 is 2.64 bits per heavy atom. The van der Waals surface area contributed by atoms with E-state index in [1.165, 1.54) is 37.7 Å². The molecule has 0 amide bonds. The third-order valence-electron chi connectivity index (χ3n) is 6.62. The van der Waals surface area contributed by atoms with Crippen LogP contribution in [-0.2, 0) is 12.0 Å². The van der Waals surface area contributed by atoms with Crippen LogP contribution in [0.5, 0.6) is 11.8 Å². The van der Waals surface area contributed by atoms with Crippen molar-refractivity contribution in [2.24, 2.45) is 0 Å². The van der Waals surface area contributed by atoms with Crippen molar-refractivity contribution in [3.8, 4) is 11.8 Å². The first-order valence-corrected chi connectivity index (χ1v) is 10.6. The third kappa shape index (κ3) is 3.43. The molecule has 1 aromatic carbocycles. The van der Waals surface area contributed by atoms with Gasteiger partial charge in [-0.1, -0.05) is 38.3 Å². The summed E-state index contributed by atoms with van der Waals surface area (Å²) < 4.78 is 13.9. The molecule has 2 aliphatic carbocycles. The summed E-state index contributed by atoms with van der Waals surface area (Å²) in [6.07, 6.45) is 8.76. The van der Waals surface area contributed by atoms with Gasteiger partial charge in [0.1, 0.15) is 12.4 Å². The van der Waals surface area contributed by atoms with Crippen molar-refractivity contribution in [3.63, 3.8) is 0 Å². The minimum atomic E-state index is -0.207. The zero-order valence-electron chi connectivity index (χ0n) is 16.5. The minimum absolute atomic E-state index is 0.109. The van der Waals surface area contributed by atoms with E-state index in [0.717, 1.165) is 24.3 Å². The van der Waals surface area contributed by atoms with Gasteiger partial charge in [-0.05, 0) is 54.7 Å². The highest BCUT2D eigenvalue weighted by Crippen LogP contribution is 2.41. The molecule has 0 N–H and O–H groups in total. The Morgan fingerprint density at radius 1 is 1.18 bits per heavy atom. The number of nitrogens with zero attached hydrogens (tertiary/aromatic N) is 2. The quantitative estimate of drug-likeness (QED) is 0.781. The van der Waals surface area contributed by atoms with Crippen LogP contribution in [0.25, 0.3) is 0 Å². The number of ether oxygens (including phenoxy) is 2. The van der Waals surface area contributed by atoms with Gasteiger partial charge in [0.15, 0.2) is 6.10 Å². The molecule has 0 unspecified atom stereocenters. The molecule has 2 heterocycles. The number of aromatic nitrogens is 2. The lowest BCUT2D eigenvalue weighted by molar-refractivity contribution is 0.143. The molecular weight excluding hydrogens is 352 g/mol. The first kappa shape index (κ1) is 17.8. The van der Waals surface area contributed by atoms with E-state index in [0.29, 0.717) is 30.5 Å². The predicted molar refractivity (Wildman–Crippen MR) is 107 cm³/mol. The van der Waals surface area contributed by atoms with Gasteiger partial charge < -0.3 is 9.47 Å². The molecule has 1 aromatic heterocycles. The molecule has 2 fully saturated rings.